The molecule has 0 saturated carbocycles. The van der Waals surface area contributed by atoms with E-state index in [4.69, 9.17) is 5.11 Å². The van der Waals surface area contributed by atoms with Gasteiger partial charge in [-0.1, -0.05) is 30.3 Å². The Morgan fingerprint density at radius 2 is 2.05 bits per heavy atom. The van der Waals surface area contributed by atoms with Crippen LogP contribution in [-0.2, 0) is 18.3 Å². The van der Waals surface area contributed by atoms with Crippen molar-refractivity contribution in [3.63, 3.8) is 0 Å². The van der Waals surface area contributed by atoms with Crippen LogP contribution >= 0.6 is 0 Å². The molecule has 0 saturated heterocycles. The maximum absolute atomic E-state index is 10.7. The zero-order chi connectivity index (χ0) is 13.4. The number of carboxylic acids is 1. The van der Waals surface area contributed by atoms with Gasteiger partial charge in [-0.3, -0.25) is 9.36 Å². The van der Waals surface area contributed by atoms with Gasteiger partial charge in [0, 0.05) is 12.6 Å². The molecular formula is C13H12N4O2. The molecule has 0 fully saturated rings. The number of rotatable bonds is 3. The Labute approximate surface area is 108 Å². The summed E-state index contributed by atoms with van der Waals surface area (Å²) in [5, 5.41) is 13.2. The lowest BCUT2D eigenvalue weighted by Gasteiger charge is -1.99. The van der Waals surface area contributed by atoms with Gasteiger partial charge in [-0.25, -0.2) is 9.50 Å². The van der Waals surface area contributed by atoms with Gasteiger partial charge < -0.3 is 5.11 Å². The van der Waals surface area contributed by atoms with Crippen LogP contribution in [-0.4, -0.2) is 30.2 Å². The summed E-state index contributed by atoms with van der Waals surface area (Å²) >= 11 is 0. The molecule has 6 heteroatoms. The van der Waals surface area contributed by atoms with Gasteiger partial charge in [0.1, 0.15) is 0 Å². The number of hydrogen-bond acceptors (Lipinski definition) is 3. The summed E-state index contributed by atoms with van der Waals surface area (Å²) in [6.07, 6.45) is 1.56. The number of carboxylic acid groups (broad SMARTS) is 1. The first-order chi connectivity index (χ1) is 9.15. The van der Waals surface area contributed by atoms with Crippen molar-refractivity contribution >= 4 is 11.7 Å². The minimum Gasteiger partial charge on any atom is -0.481 e. The molecule has 0 aliphatic heterocycles. The Morgan fingerprint density at radius 1 is 1.32 bits per heavy atom. The number of aryl methyl sites for hydroxylation is 1. The van der Waals surface area contributed by atoms with Gasteiger partial charge in [-0.15, -0.1) is 5.10 Å². The number of fused-ring (bicyclic) bond motifs is 1. The highest BCUT2D eigenvalue weighted by Gasteiger charge is 2.14. The van der Waals surface area contributed by atoms with E-state index in [2.05, 4.69) is 10.1 Å². The molecule has 3 rings (SSSR count). The number of nitrogens with zero attached hydrogens (tertiary/aromatic N) is 4. The summed E-state index contributed by atoms with van der Waals surface area (Å²) in [4.78, 5) is 14.9. The molecule has 0 amide bonds. The molecule has 19 heavy (non-hydrogen) atoms. The van der Waals surface area contributed by atoms with E-state index in [0.717, 1.165) is 11.4 Å². The van der Waals surface area contributed by atoms with Crippen LogP contribution in [0.15, 0.2) is 36.5 Å². The SMILES string of the molecule is Cn1c(-c2ccccc2)nn2cc(CC(=O)O)nc12. The Balaban J connectivity index is 2.08. The Morgan fingerprint density at radius 3 is 2.68 bits per heavy atom. The second kappa shape index (κ2) is 4.24. The van der Waals surface area contributed by atoms with Crippen molar-refractivity contribution in [2.24, 2.45) is 7.05 Å². The molecule has 1 aromatic carbocycles. The molecule has 0 unspecified atom stereocenters. The fourth-order valence-corrected chi connectivity index (χ4v) is 2.05. The van der Waals surface area contributed by atoms with E-state index in [1.165, 1.54) is 0 Å². The van der Waals surface area contributed by atoms with Crippen LogP contribution in [0, 0.1) is 0 Å². The standard InChI is InChI=1S/C13H12N4O2/c1-16-12(9-5-3-2-4-6-9)15-17-8-10(7-11(18)19)14-13(16)17/h2-6,8H,7H2,1H3,(H,18,19). The van der Waals surface area contributed by atoms with Crippen molar-refractivity contribution in [1.29, 1.82) is 0 Å². The largest absolute Gasteiger partial charge is 0.481 e. The minimum absolute atomic E-state index is 0.0932. The van der Waals surface area contributed by atoms with Crippen LogP contribution in [0.4, 0.5) is 0 Å². The Hall–Kier alpha value is -2.63. The maximum Gasteiger partial charge on any atom is 0.309 e. The van der Waals surface area contributed by atoms with Gasteiger partial charge in [0.2, 0.25) is 5.78 Å². The number of hydrogen-bond donors (Lipinski definition) is 1. The fraction of sp³-hybridized carbons (Fsp3) is 0.154. The first kappa shape index (κ1) is 11.5. The molecule has 0 atom stereocenters. The number of benzene rings is 1. The summed E-state index contributed by atoms with van der Waals surface area (Å²) in [5.74, 6) is 0.534. The first-order valence-electron chi connectivity index (χ1n) is 5.83. The van der Waals surface area contributed by atoms with Gasteiger partial charge in [-0.2, -0.15) is 0 Å². The average Bonchev–Trinajstić information content (AvgIpc) is 2.90. The highest BCUT2D eigenvalue weighted by atomic mass is 16.4. The van der Waals surface area contributed by atoms with E-state index >= 15 is 0 Å². The van der Waals surface area contributed by atoms with Gasteiger partial charge in [0.05, 0.1) is 18.3 Å². The van der Waals surface area contributed by atoms with E-state index in [1.54, 1.807) is 10.7 Å². The van der Waals surface area contributed by atoms with Crippen molar-refractivity contribution in [1.82, 2.24) is 19.2 Å². The van der Waals surface area contributed by atoms with Crippen molar-refractivity contribution in [3.05, 3.63) is 42.2 Å². The van der Waals surface area contributed by atoms with Crippen molar-refractivity contribution in [2.75, 3.05) is 0 Å². The number of carbonyl (C=O) groups is 1. The lowest BCUT2D eigenvalue weighted by Crippen LogP contribution is -2.01. The van der Waals surface area contributed by atoms with Crippen LogP contribution in [0.2, 0.25) is 0 Å². The highest BCUT2D eigenvalue weighted by molar-refractivity contribution is 5.69. The van der Waals surface area contributed by atoms with Crippen molar-refractivity contribution in [2.45, 2.75) is 6.42 Å². The third-order valence-corrected chi connectivity index (χ3v) is 2.90. The maximum atomic E-state index is 10.7. The smallest absolute Gasteiger partial charge is 0.309 e. The fourth-order valence-electron chi connectivity index (χ4n) is 2.05. The van der Waals surface area contributed by atoms with Gasteiger partial charge in [0.15, 0.2) is 5.82 Å². The number of aliphatic carboxylic acids is 1. The third-order valence-electron chi connectivity index (χ3n) is 2.90. The normalized spacial score (nSPS) is 11.0. The van der Waals surface area contributed by atoms with E-state index in [0.29, 0.717) is 11.5 Å². The van der Waals surface area contributed by atoms with Gasteiger partial charge in [0.25, 0.3) is 0 Å². The molecule has 0 spiro atoms. The van der Waals surface area contributed by atoms with E-state index in [1.807, 2.05) is 41.9 Å². The first-order valence-corrected chi connectivity index (χ1v) is 5.83. The van der Waals surface area contributed by atoms with Crippen molar-refractivity contribution < 1.29 is 9.90 Å². The van der Waals surface area contributed by atoms with E-state index in [9.17, 15) is 4.79 Å². The van der Waals surface area contributed by atoms with Crippen LogP contribution < -0.4 is 0 Å². The zero-order valence-corrected chi connectivity index (χ0v) is 10.3. The minimum atomic E-state index is -0.897. The van der Waals surface area contributed by atoms with E-state index in [-0.39, 0.29) is 6.42 Å². The predicted octanol–water partition coefficient (Wildman–Crippen LogP) is 1.36. The molecule has 6 nitrogen and oxygen atoms in total. The van der Waals surface area contributed by atoms with Crippen LogP contribution in [0.1, 0.15) is 5.69 Å². The van der Waals surface area contributed by atoms with Crippen molar-refractivity contribution in [3.8, 4) is 11.4 Å². The molecule has 0 bridgehead atoms. The van der Waals surface area contributed by atoms with Crippen LogP contribution in [0.25, 0.3) is 17.2 Å². The summed E-state index contributed by atoms with van der Waals surface area (Å²) in [6.45, 7) is 0. The third kappa shape index (κ3) is 1.97. The number of imidazole rings is 1. The molecule has 1 N–H and O–H groups in total. The quantitative estimate of drug-likeness (QED) is 0.768. The topological polar surface area (TPSA) is 72.4 Å². The van der Waals surface area contributed by atoms with Gasteiger partial charge in [-0.05, 0) is 0 Å². The van der Waals surface area contributed by atoms with E-state index < -0.39 is 5.97 Å². The summed E-state index contributed by atoms with van der Waals surface area (Å²) in [7, 11) is 1.86. The monoisotopic (exact) mass is 256 g/mol. The molecule has 96 valence electrons. The molecule has 3 aromatic rings. The molecule has 0 aliphatic rings. The Bertz CT molecular complexity index is 743. The second-order valence-corrected chi connectivity index (χ2v) is 4.30. The van der Waals surface area contributed by atoms with Crippen LogP contribution in [0.5, 0.6) is 0 Å². The average molecular weight is 256 g/mol. The zero-order valence-electron chi connectivity index (χ0n) is 10.3. The molecule has 0 radical (unpaired) electrons. The summed E-state index contributed by atoms with van der Waals surface area (Å²) in [6, 6.07) is 9.79. The molecular weight excluding hydrogens is 244 g/mol. The molecule has 0 aliphatic carbocycles. The lowest BCUT2D eigenvalue weighted by molar-refractivity contribution is -0.136. The predicted molar refractivity (Wildman–Crippen MR) is 68.7 cm³/mol. The second-order valence-electron chi connectivity index (χ2n) is 4.30. The summed E-state index contributed by atoms with van der Waals surface area (Å²) < 4.78 is 3.46. The molecule has 2 heterocycles. The lowest BCUT2D eigenvalue weighted by atomic mass is 10.2. The Kier molecular flexibility index (Phi) is 2.56. The highest BCUT2D eigenvalue weighted by Crippen LogP contribution is 2.18. The summed E-state index contributed by atoms with van der Waals surface area (Å²) in [5.41, 5.74) is 1.50. The van der Waals surface area contributed by atoms with Crippen LogP contribution in [0.3, 0.4) is 0 Å². The number of aromatic nitrogens is 4. The van der Waals surface area contributed by atoms with Gasteiger partial charge >= 0.3 is 5.97 Å². The molecule has 2 aromatic heterocycles.